The van der Waals surface area contributed by atoms with E-state index in [0.29, 0.717) is 0 Å². The van der Waals surface area contributed by atoms with E-state index in [-0.39, 0.29) is 18.8 Å². The Morgan fingerprint density at radius 2 is 2.19 bits per heavy atom. The lowest BCUT2D eigenvalue weighted by Gasteiger charge is -2.01. The molecule has 16 heavy (non-hydrogen) atoms. The number of carboxylic acid groups (broad SMARTS) is 1. The first-order valence-corrected chi connectivity index (χ1v) is 5.31. The van der Waals surface area contributed by atoms with Gasteiger partial charge in [-0.05, 0) is 12.1 Å². The fourth-order valence-corrected chi connectivity index (χ4v) is 2.31. The summed E-state index contributed by atoms with van der Waals surface area (Å²) in [5, 5.41) is 9.44. The van der Waals surface area contributed by atoms with Gasteiger partial charge in [-0.15, -0.1) is 23.7 Å². The molecule has 4 nitrogen and oxygen atoms in total. The summed E-state index contributed by atoms with van der Waals surface area (Å²) in [6.07, 6.45) is 0.286. The van der Waals surface area contributed by atoms with Crippen LogP contribution in [0.2, 0.25) is 0 Å². The van der Waals surface area contributed by atoms with Crippen molar-refractivity contribution in [2.24, 2.45) is 5.73 Å². The number of aliphatic carboxylic acids is 1. The Morgan fingerprint density at radius 3 is 2.81 bits per heavy atom. The van der Waals surface area contributed by atoms with Crippen molar-refractivity contribution < 1.29 is 9.90 Å². The number of halogens is 1. The molecule has 1 aromatic carbocycles. The molecule has 1 heterocycles. The zero-order valence-corrected chi connectivity index (χ0v) is 9.92. The molecule has 0 amide bonds. The van der Waals surface area contributed by atoms with Crippen LogP contribution < -0.4 is 5.73 Å². The molecule has 6 heteroatoms. The summed E-state index contributed by atoms with van der Waals surface area (Å²) in [7, 11) is 0. The molecular weight excluding hydrogens is 248 g/mol. The number of carbonyl (C=O) groups is 1. The number of carboxylic acids is 1. The van der Waals surface area contributed by atoms with Crippen molar-refractivity contribution in [3.8, 4) is 0 Å². The summed E-state index contributed by atoms with van der Waals surface area (Å²) < 4.78 is 1.06. The average Bonchev–Trinajstić information content (AvgIpc) is 2.59. The van der Waals surface area contributed by atoms with Crippen LogP contribution in [0.15, 0.2) is 24.3 Å². The highest BCUT2D eigenvalue weighted by atomic mass is 35.5. The van der Waals surface area contributed by atoms with E-state index in [1.807, 2.05) is 24.3 Å². The van der Waals surface area contributed by atoms with Gasteiger partial charge >= 0.3 is 5.97 Å². The average molecular weight is 259 g/mol. The minimum Gasteiger partial charge on any atom is -0.480 e. The number of nitrogens with two attached hydrogens (primary N) is 1. The fourth-order valence-electron chi connectivity index (χ4n) is 1.28. The predicted molar refractivity (Wildman–Crippen MR) is 66.2 cm³/mol. The highest BCUT2D eigenvalue weighted by molar-refractivity contribution is 7.18. The van der Waals surface area contributed by atoms with Gasteiger partial charge in [-0.25, -0.2) is 4.98 Å². The molecule has 2 rings (SSSR count). The quantitative estimate of drug-likeness (QED) is 0.878. The van der Waals surface area contributed by atoms with Gasteiger partial charge in [-0.2, -0.15) is 0 Å². The minimum atomic E-state index is -0.991. The summed E-state index contributed by atoms with van der Waals surface area (Å²) in [4.78, 5) is 14.9. The molecule has 86 valence electrons. The van der Waals surface area contributed by atoms with Gasteiger partial charge < -0.3 is 10.8 Å². The largest absolute Gasteiger partial charge is 0.480 e. The van der Waals surface area contributed by atoms with Crippen molar-refractivity contribution in [2.45, 2.75) is 12.5 Å². The second kappa shape index (κ2) is 5.25. The van der Waals surface area contributed by atoms with Crippen LogP contribution in [0.4, 0.5) is 0 Å². The molecule has 1 atom stereocenters. The standard InChI is InChI=1S/C10H10N2O2S.ClH/c11-6(10(13)14)5-9-12-7-3-1-2-4-8(7)15-9;/h1-4,6H,5,11H2,(H,13,14);1H/t6-;/m1./s1. The van der Waals surface area contributed by atoms with Crippen LogP contribution in [0, 0.1) is 0 Å². The number of fused-ring (bicyclic) bond motifs is 1. The maximum Gasteiger partial charge on any atom is 0.320 e. The van der Waals surface area contributed by atoms with Crippen LogP contribution in [0.5, 0.6) is 0 Å². The highest BCUT2D eigenvalue weighted by Crippen LogP contribution is 2.22. The van der Waals surface area contributed by atoms with E-state index in [9.17, 15) is 4.79 Å². The lowest BCUT2D eigenvalue weighted by Crippen LogP contribution is -2.32. The molecule has 0 radical (unpaired) electrons. The van der Waals surface area contributed by atoms with Gasteiger partial charge in [0, 0.05) is 6.42 Å². The molecule has 0 aliphatic carbocycles. The number of hydrogen-bond donors (Lipinski definition) is 2. The molecule has 0 fully saturated rings. The normalized spacial score (nSPS) is 12.1. The fraction of sp³-hybridized carbons (Fsp3) is 0.200. The zero-order valence-electron chi connectivity index (χ0n) is 8.29. The first-order valence-electron chi connectivity index (χ1n) is 4.49. The van der Waals surface area contributed by atoms with Crippen LogP contribution in [0.3, 0.4) is 0 Å². The van der Waals surface area contributed by atoms with Crippen LogP contribution in [0.25, 0.3) is 10.2 Å². The second-order valence-electron chi connectivity index (χ2n) is 3.22. The Labute approximate surface area is 103 Å². The number of aromatic nitrogens is 1. The number of nitrogens with zero attached hydrogens (tertiary/aromatic N) is 1. The molecule has 0 spiro atoms. The predicted octanol–water partition coefficient (Wildman–Crippen LogP) is 1.67. The SMILES string of the molecule is Cl.N[C@H](Cc1nc2ccccc2s1)C(=O)O. The molecule has 0 saturated heterocycles. The summed E-state index contributed by atoms with van der Waals surface area (Å²) in [5.41, 5.74) is 6.34. The Kier molecular flexibility index (Phi) is 4.23. The van der Waals surface area contributed by atoms with Crippen molar-refractivity contribution in [3.63, 3.8) is 0 Å². The molecule has 1 aromatic heterocycles. The van der Waals surface area contributed by atoms with Crippen molar-refractivity contribution >= 4 is 39.9 Å². The van der Waals surface area contributed by atoms with E-state index in [1.165, 1.54) is 11.3 Å². The topological polar surface area (TPSA) is 76.2 Å². The number of hydrogen-bond acceptors (Lipinski definition) is 4. The van der Waals surface area contributed by atoms with Crippen LogP contribution >= 0.6 is 23.7 Å². The van der Waals surface area contributed by atoms with Gasteiger partial charge in [-0.3, -0.25) is 4.79 Å². The smallest absolute Gasteiger partial charge is 0.320 e. The number of benzene rings is 1. The number of thiazole rings is 1. The van der Waals surface area contributed by atoms with Gasteiger partial charge in [0.2, 0.25) is 0 Å². The first-order chi connectivity index (χ1) is 7.16. The maximum absolute atomic E-state index is 10.6. The molecule has 0 aliphatic rings. The summed E-state index contributed by atoms with van der Waals surface area (Å²) in [6.45, 7) is 0. The lowest BCUT2D eigenvalue weighted by molar-refractivity contribution is -0.138. The second-order valence-corrected chi connectivity index (χ2v) is 4.34. The number of para-hydroxylation sites is 1. The molecule has 3 N–H and O–H groups in total. The van der Waals surface area contributed by atoms with E-state index in [4.69, 9.17) is 10.8 Å². The molecule has 2 aromatic rings. The molecular formula is C10H11ClN2O2S. The third kappa shape index (κ3) is 2.69. The van der Waals surface area contributed by atoms with Gasteiger partial charge in [0.15, 0.2) is 0 Å². The molecule has 0 unspecified atom stereocenters. The van der Waals surface area contributed by atoms with E-state index in [2.05, 4.69) is 4.98 Å². The monoisotopic (exact) mass is 258 g/mol. The van der Waals surface area contributed by atoms with Gasteiger partial charge in [0.25, 0.3) is 0 Å². The Bertz CT molecular complexity index is 467. The Balaban J connectivity index is 0.00000128. The number of rotatable bonds is 3. The minimum absolute atomic E-state index is 0. The molecule has 0 saturated carbocycles. The van der Waals surface area contributed by atoms with Crippen LogP contribution in [0.1, 0.15) is 5.01 Å². The Hall–Kier alpha value is -1.17. The van der Waals surface area contributed by atoms with Gasteiger partial charge in [0.1, 0.15) is 6.04 Å². The lowest BCUT2D eigenvalue weighted by atomic mass is 10.2. The molecule has 0 bridgehead atoms. The van der Waals surface area contributed by atoms with E-state index in [1.54, 1.807) is 0 Å². The van der Waals surface area contributed by atoms with Gasteiger partial charge in [-0.1, -0.05) is 12.1 Å². The van der Waals surface area contributed by atoms with Crippen LogP contribution in [-0.2, 0) is 11.2 Å². The first kappa shape index (κ1) is 12.9. The van der Waals surface area contributed by atoms with Crippen molar-refractivity contribution in [3.05, 3.63) is 29.3 Å². The third-order valence-corrected chi connectivity index (χ3v) is 3.11. The molecule has 0 aliphatic heterocycles. The summed E-state index contributed by atoms with van der Waals surface area (Å²) in [6, 6.07) is 6.83. The summed E-state index contributed by atoms with van der Waals surface area (Å²) in [5.74, 6) is -0.991. The highest BCUT2D eigenvalue weighted by Gasteiger charge is 2.14. The van der Waals surface area contributed by atoms with Gasteiger partial charge in [0.05, 0.1) is 15.2 Å². The zero-order chi connectivity index (χ0) is 10.8. The van der Waals surface area contributed by atoms with E-state index >= 15 is 0 Å². The van der Waals surface area contributed by atoms with Crippen molar-refractivity contribution in [1.29, 1.82) is 0 Å². The van der Waals surface area contributed by atoms with E-state index < -0.39 is 12.0 Å². The van der Waals surface area contributed by atoms with Crippen molar-refractivity contribution in [2.75, 3.05) is 0 Å². The third-order valence-electron chi connectivity index (χ3n) is 2.05. The maximum atomic E-state index is 10.6. The Morgan fingerprint density at radius 1 is 1.50 bits per heavy atom. The van der Waals surface area contributed by atoms with E-state index in [0.717, 1.165) is 15.2 Å². The van der Waals surface area contributed by atoms with Crippen LogP contribution in [-0.4, -0.2) is 22.1 Å². The van der Waals surface area contributed by atoms with Crippen molar-refractivity contribution in [1.82, 2.24) is 4.98 Å². The summed E-state index contributed by atoms with van der Waals surface area (Å²) >= 11 is 1.49.